The summed E-state index contributed by atoms with van der Waals surface area (Å²) in [5, 5.41) is 8.45. The van der Waals surface area contributed by atoms with E-state index in [0.717, 1.165) is 5.57 Å². The SMILES string of the molecule is CC1=CI=NC=C1C#N. The van der Waals surface area contributed by atoms with E-state index < -0.39 is 0 Å². The number of nitriles is 1. The predicted octanol–water partition coefficient (Wildman–Crippen LogP) is 2.47. The van der Waals surface area contributed by atoms with Gasteiger partial charge in [-0.2, -0.15) is 5.26 Å². The fourth-order valence-electron chi connectivity index (χ4n) is 0.456. The van der Waals surface area contributed by atoms with Crippen molar-refractivity contribution in [2.45, 2.75) is 6.92 Å². The van der Waals surface area contributed by atoms with E-state index in [-0.39, 0.29) is 21.0 Å². The van der Waals surface area contributed by atoms with Crippen molar-refractivity contribution in [1.82, 2.24) is 0 Å². The van der Waals surface area contributed by atoms with E-state index in [0.29, 0.717) is 5.57 Å². The quantitative estimate of drug-likeness (QED) is 0.591. The van der Waals surface area contributed by atoms with Crippen LogP contribution in [0.3, 0.4) is 0 Å². The molecule has 1 aliphatic heterocycles. The van der Waals surface area contributed by atoms with E-state index in [2.05, 4.69) is 13.3 Å². The first-order chi connectivity index (χ1) is 4.34. The summed E-state index contributed by atoms with van der Waals surface area (Å²) in [5.74, 6) is 0. The second-order valence-corrected chi connectivity index (χ2v) is 3.38. The highest BCUT2D eigenvalue weighted by atomic mass is 127. The number of hydrogen-bond acceptors (Lipinski definition) is 2. The first-order valence-corrected chi connectivity index (χ1v) is 4.66. The van der Waals surface area contributed by atoms with E-state index in [1.165, 1.54) is 0 Å². The minimum atomic E-state index is -0.123. The number of nitrogens with zero attached hydrogens (tertiary/aromatic N) is 2. The highest BCUT2D eigenvalue weighted by Crippen LogP contribution is 2.20. The van der Waals surface area contributed by atoms with Gasteiger partial charge in [-0.05, 0) is 16.6 Å². The van der Waals surface area contributed by atoms with E-state index in [1.807, 2.05) is 6.92 Å². The van der Waals surface area contributed by atoms with Crippen LogP contribution in [-0.2, 0) is 0 Å². The molecule has 0 aromatic heterocycles. The lowest BCUT2D eigenvalue weighted by Crippen LogP contribution is -1.79. The average Bonchev–Trinajstić information content (AvgIpc) is 1.89. The zero-order chi connectivity index (χ0) is 6.69. The van der Waals surface area contributed by atoms with Gasteiger partial charge in [0.2, 0.25) is 0 Å². The predicted molar refractivity (Wildman–Crippen MR) is 43.9 cm³/mol. The fraction of sp³-hybridized carbons (Fsp3) is 0.167. The Kier molecular flexibility index (Phi) is 2.11. The van der Waals surface area contributed by atoms with Gasteiger partial charge in [0, 0.05) is 21.0 Å². The van der Waals surface area contributed by atoms with Crippen LogP contribution in [0.25, 0.3) is 0 Å². The van der Waals surface area contributed by atoms with E-state index >= 15 is 0 Å². The van der Waals surface area contributed by atoms with Crippen molar-refractivity contribution in [3.8, 4) is 6.07 Å². The first kappa shape index (κ1) is 6.62. The van der Waals surface area contributed by atoms with Crippen LogP contribution in [0.4, 0.5) is 0 Å². The van der Waals surface area contributed by atoms with Crippen molar-refractivity contribution in [1.29, 1.82) is 5.26 Å². The molecule has 9 heavy (non-hydrogen) atoms. The van der Waals surface area contributed by atoms with Gasteiger partial charge in [0.1, 0.15) is 6.07 Å². The zero-order valence-electron chi connectivity index (χ0n) is 4.93. The minimum absolute atomic E-state index is 0.123. The molecular weight excluding hydrogens is 227 g/mol. The van der Waals surface area contributed by atoms with Crippen LogP contribution in [0.5, 0.6) is 0 Å². The van der Waals surface area contributed by atoms with Crippen LogP contribution in [0.15, 0.2) is 24.6 Å². The molecule has 0 unspecified atom stereocenters. The topological polar surface area (TPSA) is 36.1 Å². The van der Waals surface area contributed by atoms with Crippen molar-refractivity contribution >= 4 is 21.0 Å². The summed E-state index contributed by atoms with van der Waals surface area (Å²) in [6.07, 6.45) is 1.67. The molecule has 0 saturated heterocycles. The molecule has 3 heteroatoms. The van der Waals surface area contributed by atoms with E-state index in [4.69, 9.17) is 5.26 Å². The third kappa shape index (κ3) is 1.45. The number of hydrogen-bond donors (Lipinski definition) is 0. The maximum absolute atomic E-state index is 8.45. The summed E-state index contributed by atoms with van der Waals surface area (Å²) in [6, 6.07) is 2.07. The molecule has 0 amide bonds. The Hall–Kier alpha value is -0.500. The smallest absolute Gasteiger partial charge is 0.101 e. The van der Waals surface area contributed by atoms with Crippen molar-refractivity contribution in [2.24, 2.45) is 3.15 Å². The van der Waals surface area contributed by atoms with Gasteiger partial charge in [-0.25, -0.2) is 3.15 Å². The van der Waals surface area contributed by atoms with Crippen LogP contribution < -0.4 is 0 Å². The molecular formula is C6H5IN2. The van der Waals surface area contributed by atoms with Gasteiger partial charge in [0.25, 0.3) is 0 Å². The molecule has 0 aromatic carbocycles. The second kappa shape index (κ2) is 2.87. The average molecular weight is 232 g/mol. The van der Waals surface area contributed by atoms with Crippen LogP contribution in [-0.4, -0.2) is 0 Å². The lowest BCUT2D eigenvalue weighted by atomic mass is 10.2. The van der Waals surface area contributed by atoms with Gasteiger partial charge in [-0.1, -0.05) is 0 Å². The van der Waals surface area contributed by atoms with Crippen LogP contribution in [0, 0.1) is 11.3 Å². The molecule has 0 aromatic rings. The lowest BCUT2D eigenvalue weighted by Gasteiger charge is -1.96. The third-order valence-electron chi connectivity index (χ3n) is 0.992. The van der Waals surface area contributed by atoms with E-state index in [9.17, 15) is 0 Å². The fourth-order valence-corrected chi connectivity index (χ4v) is 1.81. The molecule has 0 N–H and O–H groups in total. The zero-order valence-corrected chi connectivity index (χ0v) is 7.08. The summed E-state index contributed by atoms with van der Waals surface area (Å²) < 4.78 is 6.08. The summed E-state index contributed by atoms with van der Waals surface area (Å²) in [5.41, 5.74) is 1.79. The van der Waals surface area contributed by atoms with Crippen LogP contribution in [0.1, 0.15) is 6.92 Å². The monoisotopic (exact) mass is 232 g/mol. The Morgan fingerprint density at radius 2 is 2.56 bits per heavy atom. The molecule has 0 fully saturated rings. The van der Waals surface area contributed by atoms with Gasteiger partial charge >= 0.3 is 0 Å². The maximum atomic E-state index is 8.45. The van der Waals surface area contributed by atoms with Crippen molar-refractivity contribution < 1.29 is 0 Å². The Labute approximate surface area is 64.0 Å². The van der Waals surface area contributed by atoms with Gasteiger partial charge in [-0.15, -0.1) is 0 Å². The van der Waals surface area contributed by atoms with Crippen LogP contribution >= 0.6 is 21.0 Å². The molecule has 0 aliphatic carbocycles. The molecule has 0 saturated carbocycles. The molecule has 2 nitrogen and oxygen atoms in total. The molecule has 1 rings (SSSR count). The Bertz CT molecular complexity index is 242. The van der Waals surface area contributed by atoms with Crippen LogP contribution in [0.2, 0.25) is 0 Å². The maximum Gasteiger partial charge on any atom is 0.101 e. The van der Waals surface area contributed by atoms with Gasteiger partial charge in [0.15, 0.2) is 0 Å². The standard InChI is InChI=1S/C6H5IN2/c1-5-2-7-9-4-6(5)3-8/h2,4H,1H3. The van der Waals surface area contributed by atoms with E-state index in [1.54, 1.807) is 6.20 Å². The molecule has 0 radical (unpaired) electrons. The summed E-state index contributed by atoms with van der Waals surface area (Å²) in [7, 11) is 0. The van der Waals surface area contributed by atoms with Crippen molar-refractivity contribution in [3.63, 3.8) is 0 Å². The Morgan fingerprint density at radius 3 is 3.00 bits per heavy atom. The number of allylic oxidation sites excluding steroid dienone is 2. The minimum Gasteiger partial charge on any atom is -0.229 e. The highest BCUT2D eigenvalue weighted by molar-refractivity contribution is 14.2. The third-order valence-corrected chi connectivity index (χ3v) is 2.80. The molecule has 46 valence electrons. The molecule has 0 atom stereocenters. The summed E-state index contributed by atoms with van der Waals surface area (Å²) >= 11 is -0.123. The summed E-state index contributed by atoms with van der Waals surface area (Å²) in [4.78, 5) is 0. The summed E-state index contributed by atoms with van der Waals surface area (Å²) in [6.45, 7) is 1.95. The molecule has 1 aliphatic rings. The molecule has 0 bridgehead atoms. The van der Waals surface area contributed by atoms with Crippen molar-refractivity contribution in [2.75, 3.05) is 0 Å². The van der Waals surface area contributed by atoms with Gasteiger partial charge in [0.05, 0.1) is 11.8 Å². The molecule has 1 heterocycles. The molecule has 0 spiro atoms. The highest BCUT2D eigenvalue weighted by Gasteiger charge is 1.98. The van der Waals surface area contributed by atoms with Gasteiger partial charge < -0.3 is 0 Å². The first-order valence-electron chi connectivity index (χ1n) is 2.45. The Balaban J connectivity index is 3.00. The van der Waals surface area contributed by atoms with Gasteiger partial charge in [-0.3, -0.25) is 0 Å². The van der Waals surface area contributed by atoms with Crippen molar-refractivity contribution in [3.05, 3.63) is 21.4 Å². The largest absolute Gasteiger partial charge is 0.229 e. The second-order valence-electron chi connectivity index (χ2n) is 1.64. The number of halogens is 1. The number of rotatable bonds is 0. The lowest BCUT2D eigenvalue weighted by molar-refractivity contribution is 1.38. The Morgan fingerprint density at radius 1 is 1.78 bits per heavy atom. The normalized spacial score (nSPS) is 16.9.